The van der Waals surface area contributed by atoms with Crippen LogP contribution in [0.3, 0.4) is 0 Å². The molecule has 1 fully saturated rings. The molecule has 1 aromatic rings. The number of amides is 1. The fourth-order valence-electron chi connectivity index (χ4n) is 1.92. The van der Waals surface area contributed by atoms with Crippen LogP contribution < -0.4 is 10.1 Å². The molecular formula is C15H19NO4. The summed E-state index contributed by atoms with van der Waals surface area (Å²) in [5.74, 6) is -0.818. The van der Waals surface area contributed by atoms with Crippen molar-refractivity contribution in [1.29, 1.82) is 0 Å². The van der Waals surface area contributed by atoms with Crippen LogP contribution in [0.25, 0.3) is 0 Å². The first-order chi connectivity index (χ1) is 9.48. The lowest BCUT2D eigenvalue weighted by Gasteiger charge is -2.10. The molecule has 0 radical (unpaired) electrons. The topological polar surface area (TPSA) is 75.6 Å². The van der Waals surface area contributed by atoms with Gasteiger partial charge in [0.2, 0.25) is 0 Å². The molecule has 1 aliphatic rings. The summed E-state index contributed by atoms with van der Waals surface area (Å²) in [4.78, 5) is 22.4. The number of aliphatic carboxylic acids is 1. The zero-order valence-corrected chi connectivity index (χ0v) is 11.5. The van der Waals surface area contributed by atoms with E-state index in [0.717, 1.165) is 6.42 Å². The Labute approximate surface area is 117 Å². The van der Waals surface area contributed by atoms with E-state index >= 15 is 0 Å². The summed E-state index contributed by atoms with van der Waals surface area (Å²) in [7, 11) is 0. The summed E-state index contributed by atoms with van der Waals surface area (Å²) >= 11 is 0. The molecule has 20 heavy (non-hydrogen) atoms. The highest BCUT2D eigenvalue weighted by molar-refractivity contribution is 5.94. The quantitative estimate of drug-likeness (QED) is 0.800. The van der Waals surface area contributed by atoms with Gasteiger partial charge in [-0.2, -0.15) is 0 Å². The van der Waals surface area contributed by atoms with E-state index in [1.165, 1.54) is 12.8 Å². The molecule has 1 saturated carbocycles. The molecule has 1 aliphatic carbocycles. The number of nitrogens with one attached hydrogen (secondary N) is 1. The Balaban J connectivity index is 1.85. The van der Waals surface area contributed by atoms with Crippen molar-refractivity contribution in [1.82, 2.24) is 5.32 Å². The minimum Gasteiger partial charge on any atom is -0.482 e. The first kappa shape index (κ1) is 14.4. The van der Waals surface area contributed by atoms with E-state index in [1.54, 1.807) is 24.3 Å². The Hall–Kier alpha value is -2.04. The molecule has 108 valence electrons. The fraction of sp³-hybridized carbons (Fsp3) is 0.467. The Morgan fingerprint density at radius 2 is 2.15 bits per heavy atom. The van der Waals surface area contributed by atoms with Crippen LogP contribution in [0.15, 0.2) is 24.3 Å². The third-order valence-electron chi connectivity index (χ3n) is 3.58. The van der Waals surface area contributed by atoms with Crippen LogP contribution in [0.4, 0.5) is 0 Å². The molecule has 0 saturated heterocycles. The number of ether oxygens (including phenoxy) is 1. The van der Waals surface area contributed by atoms with Gasteiger partial charge >= 0.3 is 5.97 Å². The second-order valence-electron chi connectivity index (χ2n) is 5.53. The Morgan fingerprint density at radius 1 is 1.40 bits per heavy atom. The fourth-order valence-corrected chi connectivity index (χ4v) is 1.92. The van der Waals surface area contributed by atoms with Crippen LogP contribution in [0.2, 0.25) is 0 Å². The lowest BCUT2D eigenvalue weighted by molar-refractivity contribution is -0.139. The smallest absolute Gasteiger partial charge is 0.341 e. The molecule has 5 nitrogen and oxygen atoms in total. The van der Waals surface area contributed by atoms with Crippen molar-refractivity contribution in [3.8, 4) is 5.75 Å². The van der Waals surface area contributed by atoms with Crippen LogP contribution in [0, 0.1) is 5.41 Å². The number of carboxylic acid groups (broad SMARTS) is 1. The predicted molar refractivity (Wildman–Crippen MR) is 73.9 cm³/mol. The number of carbonyl (C=O) groups excluding carboxylic acids is 1. The molecule has 0 bridgehead atoms. The van der Waals surface area contributed by atoms with Crippen molar-refractivity contribution in [2.75, 3.05) is 13.2 Å². The molecule has 1 amide bonds. The molecule has 0 unspecified atom stereocenters. The highest BCUT2D eigenvalue weighted by Crippen LogP contribution is 2.47. The number of benzene rings is 1. The largest absolute Gasteiger partial charge is 0.482 e. The molecule has 0 spiro atoms. The summed E-state index contributed by atoms with van der Waals surface area (Å²) in [6, 6.07) is 6.54. The highest BCUT2D eigenvalue weighted by atomic mass is 16.5. The van der Waals surface area contributed by atoms with E-state index in [4.69, 9.17) is 9.84 Å². The van der Waals surface area contributed by atoms with Gasteiger partial charge in [-0.15, -0.1) is 0 Å². The number of carbonyl (C=O) groups is 2. The SMILES string of the molecule is CC1(CCNC(=O)c2cccc(OCC(=O)O)c2)CC1. The van der Waals surface area contributed by atoms with Gasteiger partial charge < -0.3 is 15.2 Å². The number of rotatable bonds is 7. The zero-order valence-electron chi connectivity index (χ0n) is 11.5. The van der Waals surface area contributed by atoms with E-state index in [1.807, 2.05) is 0 Å². The highest BCUT2D eigenvalue weighted by Gasteiger charge is 2.36. The second kappa shape index (κ2) is 5.94. The lowest BCUT2D eigenvalue weighted by Crippen LogP contribution is -2.25. The summed E-state index contributed by atoms with van der Waals surface area (Å²) in [6.07, 6.45) is 3.47. The minimum atomic E-state index is -1.04. The van der Waals surface area contributed by atoms with Gasteiger partial charge in [-0.05, 0) is 42.9 Å². The maximum atomic E-state index is 12.0. The molecule has 0 aliphatic heterocycles. The van der Waals surface area contributed by atoms with E-state index in [-0.39, 0.29) is 5.91 Å². The van der Waals surface area contributed by atoms with E-state index in [9.17, 15) is 9.59 Å². The van der Waals surface area contributed by atoms with Crippen LogP contribution in [-0.2, 0) is 4.79 Å². The van der Waals surface area contributed by atoms with Gasteiger partial charge in [0.1, 0.15) is 5.75 Å². The van der Waals surface area contributed by atoms with Crippen LogP contribution in [0.5, 0.6) is 5.75 Å². The summed E-state index contributed by atoms with van der Waals surface area (Å²) in [6.45, 7) is 2.47. The Bertz CT molecular complexity index is 508. The summed E-state index contributed by atoms with van der Waals surface area (Å²) in [5.41, 5.74) is 0.897. The van der Waals surface area contributed by atoms with Gasteiger partial charge in [0.05, 0.1) is 0 Å². The van der Waals surface area contributed by atoms with Gasteiger partial charge in [0.25, 0.3) is 5.91 Å². The molecule has 0 aromatic heterocycles. The molecule has 2 N–H and O–H groups in total. The summed E-state index contributed by atoms with van der Waals surface area (Å²) < 4.78 is 5.05. The van der Waals surface area contributed by atoms with Crippen molar-refractivity contribution in [2.24, 2.45) is 5.41 Å². The van der Waals surface area contributed by atoms with Crippen molar-refractivity contribution in [3.63, 3.8) is 0 Å². The number of hydrogen-bond acceptors (Lipinski definition) is 3. The van der Waals surface area contributed by atoms with Crippen molar-refractivity contribution in [3.05, 3.63) is 29.8 Å². The van der Waals surface area contributed by atoms with E-state index in [2.05, 4.69) is 12.2 Å². The van der Waals surface area contributed by atoms with Gasteiger partial charge in [-0.3, -0.25) is 4.79 Å². The van der Waals surface area contributed by atoms with E-state index in [0.29, 0.717) is 23.3 Å². The van der Waals surface area contributed by atoms with Crippen LogP contribution >= 0.6 is 0 Å². The number of carboxylic acids is 1. The first-order valence-corrected chi connectivity index (χ1v) is 6.71. The predicted octanol–water partition coefficient (Wildman–Crippen LogP) is 2.07. The van der Waals surface area contributed by atoms with Crippen molar-refractivity contribution in [2.45, 2.75) is 26.2 Å². The average molecular weight is 277 g/mol. The monoisotopic (exact) mass is 277 g/mol. The minimum absolute atomic E-state index is 0.157. The van der Waals surface area contributed by atoms with E-state index < -0.39 is 12.6 Å². The molecule has 0 heterocycles. The normalized spacial score (nSPS) is 15.4. The lowest BCUT2D eigenvalue weighted by atomic mass is 10.1. The average Bonchev–Trinajstić information content (AvgIpc) is 3.14. The third-order valence-corrected chi connectivity index (χ3v) is 3.58. The Kier molecular flexibility index (Phi) is 4.27. The molecular weight excluding hydrogens is 258 g/mol. The van der Waals surface area contributed by atoms with Crippen LogP contribution in [0.1, 0.15) is 36.5 Å². The molecule has 0 atom stereocenters. The van der Waals surface area contributed by atoms with Crippen LogP contribution in [-0.4, -0.2) is 30.1 Å². The maximum absolute atomic E-state index is 12.0. The summed E-state index contributed by atoms with van der Waals surface area (Å²) in [5, 5.41) is 11.4. The molecule has 2 rings (SSSR count). The first-order valence-electron chi connectivity index (χ1n) is 6.71. The van der Waals surface area contributed by atoms with Gasteiger partial charge in [0, 0.05) is 12.1 Å². The van der Waals surface area contributed by atoms with Gasteiger partial charge in [-0.1, -0.05) is 13.0 Å². The van der Waals surface area contributed by atoms with Gasteiger partial charge in [0.15, 0.2) is 6.61 Å². The number of hydrogen-bond donors (Lipinski definition) is 2. The maximum Gasteiger partial charge on any atom is 0.341 e. The van der Waals surface area contributed by atoms with Gasteiger partial charge in [-0.25, -0.2) is 4.79 Å². The molecule has 5 heteroatoms. The second-order valence-corrected chi connectivity index (χ2v) is 5.53. The van der Waals surface area contributed by atoms with Crippen molar-refractivity contribution < 1.29 is 19.4 Å². The Morgan fingerprint density at radius 3 is 2.80 bits per heavy atom. The zero-order chi connectivity index (χ0) is 14.6. The third kappa shape index (κ3) is 4.26. The standard InChI is InChI=1S/C15H19NO4/c1-15(5-6-15)7-8-16-14(19)11-3-2-4-12(9-11)20-10-13(17)18/h2-4,9H,5-8,10H2,1H3,(H,16,19)(H,17,18). The molecule has 1 aromatic carbocycles. The van der Waals surface area contributed by atoms with Crippen molar-refractivity contribution >= 4 is 11.9 Å².